The fourth-order valence-corrected chi connectivity index (χ4v) is 1.64. The number of aromatic nitrogens is 3. The van der Waals surface area contributed by atoms with Gasteiger partial charge in [-0.15, -0.1) is 5.10 Å². The van der Waals surface area contributed by atoms with E-state index in [0.29, 0.717) is 5.22 Å². The molecule has 2 heterocycles. The number of aromatic carboxylic acids is 1. The fraction of sp³-hybridized carbons (Fsp3) is 0. The third-order valence-electron chi connectivity index (χ3n) is 1.51. The topological polar surface area (TPSA) is 89.1 Å². The second kappa shape index (κ2) is 4.09. The molecule has 7 heteroatoms. The van der Waals surface area contributed by atoms with E-state index in [-0.39, 0.29) is 10.6 Å². The Bertz CT molecular complexity index is 472. The van der Waals surface area contributed by atoms with Crippen LogP contribution in [-0.2, 0) is 0 Å². The average Bonchev–Trinajstić information content (AvgIpc) is 2.71. The molecule has 6 nitrogen and oxygen atoms in total. The molecule has 0 saturated heterocycles. The summed E-state index contributed by atoms with van der Waals surface area (Å²) in [6.45, 7) is 0. The molecule has 0 saturated carbocycles. The smallest absolute Gasteiger partial charge is 0.338 e. The second-order valence-corrected chi connectivity index (χ2v) is 3.40. The molecule has 0 bridgehead atoms. The van der Waals surface area contributed by atoms with E-state index in [1.54, 1.807) is 0 Å². The molecule has 2 aromatic heterocycles. The molecule has 2 aromatic rings. The third kappa shape index (κ3) is 2.13. The molecular formula is C8H5N3O3S. The van der Waals surface area contributed by atoms with Gasteiger partial charge in [-0.1, -0.05) is 0 Å². The van der Waals surface area contributed by atoms with Crippen LogP contribution in [0.3, 0.4) is 0 Å². The Morgan fingerprint density at radius 2 is 2.33 bits per heavy atom. The SMILES string of the molecule is O=C(O)c1ccnnc1Sc1ncco1. The van der Waals surface area contributed by atoms with E-state index >= 15 is 0 Å². The molecule has 0 aromatic carbocycles. The fourth-order valence-electron chi connectivity index (χ4n) is 0.900. The van der Waals surface area contributed by atoms with Crippen molar-refractivity contribution < 1.29 is 14.3 Å². The van der Waals surface area contributed by atoms with Crippen LogP contribution in [0, 0.1) is 0 Å². The van der Waals surface area contributed by atoms with Gasteiger partial charge in [0.15, 0.2) is 0 Å². The minimum Gasteiger partial charge on any atom is -0.478 e. The molecule has 0 fully saturated rings. The van der Waals surface area contributed by atoms with Crippen molar-refractivity contribution in [2.75, 3.05) is 0 Å². The van der Waals surface area contributed by atoms with Gasteiger partial charge in [-0.2, -0.15) is 5.10 Å². The van der Waals surface area contributed by atoms with E-state index in [9.17, 15) is 4.79 Å². The van der Waals surface area contributed by atoms with Crippen LogP contribution in [0.2, 0.25) is 0 Å². The number of rotatable bonds is 3. The molecular weight excluding hydrogens is 218 g/mol. The van der Waals surface area contributed by atoms with Gasteiger partial charge in [-0.25, -0.2) is 9.78 Å². The number of carboxylic acid groups (broad SMARTS) is 1. The molecule has 0 atom stereocenters. The minimum atomic E-state index is -1.06. The molecule has 0 unspecified atom stereocenters. The normalized spacial score (nSPS) is 10.1. The average molecular weight is 223 g/mol. The summed E-state index contributed by atoms with van der Waals surface area (Å²) in [6.07, 6.45) is 4.20. The zero-order valence-electron chi connectivity index (χ0n) is 7.32. The molecule has 0 radical (unpaired) electrons. The summed E-state index contributed by atoms with van der Waals surface area (Å²) in [5.41, 5.74) is 0.0770. The molecule has 2 rings (SSSR count). The molecule has 1 N–H and O–H groups in total. The van der Waals surface area contributed by atoms with Crippen LogP contribution < -0.4 is 0 Å². The van der Waals surface area contributed by atoms with Gasteiger partial charge in [-0.05, 0) is 17.8 Å². The summed E-state index contributed by atoms with van der Waals surface area (Å²) in [6, 6.07) is 1.38. The third-order valence-corrected chi connectivity index (χ3v) is 2.38. The van der Waals surface area contributed by atoms with Crippen LogP contribution in [0.15, 0.2) is 39.4 Å². The summed E-state index contributed by atoms with van der Waals surface area (Å²) in [5.74, 6) is -1.06. The number of nitrogens with zero attached hydrogens (tertiary/aromatic N) is 3. The lowest BCUT2D eigenvalue weighted by molar-refractivity contribution is 0.0692. The second-order valence-electron chi connectivity index (χ2n) is 2.46. The zero-order valence-corrected chi connectivity index (χ0v) is 8.14. The van der Waals surface area contributed by atoms with Gasteiger partial charge < -0.3 is 9.52 Å². The maximum Gasteiger partial charge on any atom is 0.338 e. The highest BCUT2D eigenvalue weighted by Gasteiger charge is 2.14. The molecule has 0 aliphatic rings. The summed E-state index contributed by atoms with van der Waals surface area (Å²) in [4.78, 5) is 14.7. The first kappa shape index (κ1) is 9.66. The highest BCUT2D eigenvalue weighted by atomic mass is 32.2. The summed E-state index contributed by atoms with van der Waals surface area (Å²) in [5, 5.41) is 16.8. The summed E-state index contributed by atoms with van der Waals surface area (Å²) >= 11 is 1.02. The lowest BCUT2D eigenvalue weighted by Crippen LogP contribution is -2.01. The van der Waals surface area contributed by atoms with Crippen molar-refractivity contribution in [3.63, 3.8) is 0 Å². The first-order valence-corrected chi connectivity index (χ1v) is 4.71. The van der Waals surface area contributed by atoms with Crippen LogP contribution in [0.4, 0.5) is 0 Å². The Labute approximate surface area is 88.4 Å². The number of carboxylic acids is 1. The van der Waals surface area contributed by atoms with E-state index in [1.165, 1.54) is 24.7 Å². The van der Waals surface area contributed by atoms with Gasteiger partial charge in [0, 0.05) is 0 Å². The van der Waals surface area contributed by atoms with E-state index in [2.05, 4.69) is 15.2 Å². The number of hydrogen-bond donors (Lipinski definition) is 1. The number of hydrogen-bond acceptors (Lipinski definition) is 6. The standard InChI is InChI=1S/C8H5N3O3S/c12-7(13)5-1-2-10-11-6(5)15-8-9-3-4-14-8/h1-4H,(H,12,13). The van der Waals surface area contributed by atoms with Gasteiger partial charge in [0.1, 0.15) is 11.3 Å². The van der Waals surface area contributed by atoms with Crippen molar-refractivity contribution in [2.24, 2.45) is 0 Å². The van der Waals surface area contributed by atoms with Gasteiger partial charge in [0.25, 0.3) is 5.22 Å². The van der Waals surface area contributed by atoms with Gasteiger partial charge >= 0.3 is 5.97 Å². The molecule has 0 aliphatic carbocycles. The Kier molecular flexibility index (Phi) is 2.64. The Hall–Kier alpha value is -1.89. The lowest BCUT2D eigenvalue weighted by atomic mass is 10.3. The Morgan fingerprint density at radius 3 is 3.00 bits per heavy atom. The summed E-state index contributed by atoms with van der Waals surface area (Å²) < 4.78 is 4.96. The predicted molar refractivity (Wildman–Crippen MR) is 49.6 cm³/mol. The van der Waals surface area contributed by atoms with Crippen molar-refractivity contribution in [3.8, 4) is 0 Å². The maximum atomic E-state index is 10.8. The van der Waals surface area contributed by atoms with E-state index < -0.39 is 5.97 Å². The van der Waals surface area contributed by atoms with Crippen molar-refractivity contribution >= 4 is 17.7 Å². The largest absolute Gasteiger partial charge is 0.478 e. The van der Waals surface area contributed by atoms with Crippen LogP contribution in [0.1, 0.15) is 10.4 Å². The van der Waals surface area contributed by atoms with E-state index in [1.807, 2.05) is 0 Å². The van der Waals surface area contributed by atoms with Crippen molar-refractivity contribution in [2.45, 2.75) is 10.2 Å². The first-order valence-electron chi connectivity index (χ1n) is 3.89. The monoisotopic (exact) mass is 223 g/mol. The highest BCUT2D eigenvalue weighted by Crippen LogP contribution is 2.26. The van der Waals surface area contributed by atoms with Crippen molar-refractivity contribution in [1.82, 2.24) is 15.2 Å². The van der Waals surface area contributed by atoms with Gasteiger partial charge in [0.2, 0.25) is 0 Å². The maximum absolute atomic E-state index is 10.8. The first-order chi connectivity index (χ1) is 7.27. The quantitative estimate of drug-likeness (QED) is 0.838. The highest BCUT2D eigenvalue weighted by molar-refractivity contribution is 7.99. The molecule has 15 heavy (non-hydrogen) atoms. The molecule has 0 spiro atoms. The van der Waals surface area contributed by atoms with Gasteiger partial charge in [-0.3, -0.25) is 0 Å². The van der Waals surface area contributed by atoms with Crippen molar-refractivity contribution in [3.05, 3.63) is 30.3 Å². The molecule has 0 amide bonds. The Balaban J connectivity index is 2.32. The predicted octanol–water partition coefficient (Wildman–Crippen LogP) is 1.31. The van der Waals surface area contributed by atoms with Gasteiger partial charge in [0.05, 0.1) is 18.0 Å². The van der Waals surface area contributed by atoms with E-state index in [0.717, 1.165) is 11.8 Å². The van der Waals surface area contributed by atoms with Crippen LogP contribution in [0.5, 0.6) is 0 Å². The van der Waals surface area contributed by atoms with E-state index in [4.69, 9.17) is 9.52 Å². The summed E-state index contributed by atoms with van der Waals surface area (Å²) in [7, 11) is 0. The molecule has 76 valence electrons. The van der Waals surface area contributed by atoms with Crippen LogP contribution in [-0.4, -0.2) is 26.3 Å². The van der Waals surface area contributed by atoms with Crippen molar-refractivity contribution in [1.29, 1.82) is 0 Å². The van der Waals surface area contributed by atoms with Crippen LogP contribution >= 0.6 is 11.8 Å². The lowest BCUT2D eigenvalue weighted by Gasteiger charge is -1.99. The molecule has 0 aliphatic heterocycles. The zero-order chi connectivity index (χ0) is 10.7. The Morgan fingerprint density at radius 1 is 1.47 bits per heavy atom. The number of oxazole rings is 1. The minimum absolute atomic E-state index is 0.0770. The van der Waals surface area contributed by atoms with Crippen LogP contribution in [0.25, 0.3) is 0 Å². The number of carbonyl (C=O) groups is 1.